The number of H-pyrrole nitrogens is 1. The van der Waals surface area contributed by atoms with Gasteiger partial charge in [-0.15, -0.1) is 0 Å². The Kier molecular flexibility index (Phi) is 2.72. The van der Waals surface area contributed by atoms with Crippen LogP contribution in [-0.2, 0) is 6.42 Å². The van der Waals surface area contributed by atoms with Crippen LogP contribution in [0.25, 0.3) is 11.6 Å². The Labute approximate surface area is 86.1 Å². The first kappa shape index (κ1) is 9.78. The Balaban J connectivity index is 2.11. The van der Waals surface area contributed by atoms with Crippen molar-refractivity contribution in [3.05, 3.63) is 12.0 Å². The number of hydrogen-bond acceptors (Lipinski definition) is 6. The summed E-state index contributed by atoms with van der Waals surface area (Å²) >= 11 is 0. The van der Waals surface area contributed by atoms with E-state index in [1.54, 1.807) is 0 Å². The van der Waals surface area contributed by atoms with Crippen molar-refractivity contribution in [1.82, 2.24) is 25.6 Å². The summed E-state index contributed by atoms with van der Waals surface area (Å²) in [4.78, 5) is 4.16. The van der Waals surface area contributed by atoms with Gasteiger partial charge in [0.25, 0.3) is 5.89 Å². The molecule has 1 unspecified atom stereocenters. The van der Waals surface area contributed by atoms with E-state index in [9.17, 15) is 0 Å². The lowest BCUT2D eigenvalue weighted by Gasteiger charge is -2.02. The Morgan fingerprint density at radius 1 is 1.60 bits per heavy atom. The predicted octanol–water partition coefficient (Wildman–Crippen LogP) is 0.134. The van der Waals surface area contributed by atoms with Crippen molar-refractivity contribution < 1.29 is 4.52 Å². The lowest BCUT2D eigenvalue weighted by atomic mass is 10.2. The third kappa shape index (κ3) is 2.18. The monoisotopic (exact) mass is 208 g/mol. The van der Waals surface area contributed by atoms with Gasteiger partial charge in [0.2, 0.25) is 0 Å². The minimum atomic E-state index is 0.0627. The minimum absolute atomic E-state index is 0.0627. The highest BCUT2D eigenvalue weighted by molar-refractivity contribution is 5.42. The number of nitrogens with two attached hydrogens (primary N) is 1. The van der Waals surface area contributed by atoms with Crippen molar-refractivity contribution in [3.8, 4) is 11.6 Å². The normalized spacial score (nSPS) is 12.9. The second kappa shape index (κ2) is 4.18. The van der Waals surface area contributed by atoms with Crippen molar-refractivity contribution in [3.63, 3.8) is 0 Å². The maximum absolute atomic E-state index is 5.78. The minimum Gasteiger partial charge on any atom is -0.332 e. The summed E-state index contributed by atoms with van der Waals surface area (Å²) in [5.41, 5.74) is 6.32. The van der Waals surface area contributed by atoms with E-state index in [4.69, 9.17) is 10.3 Å². The van der Waals surface area contributed by atoms with E-state index in [1.807, 2.05) is 6.92 Å². The van der Waals surface area contributed by atoms with Crippen LogP contribution in [0, 0.1) is 0 Å². The molecule has 2 rings (SSSR count). The van der Waals surface area contributed by atoms with Crippen molar-refractivity contribution in [1.29, 1.82) is 0 Å². The fourth-order valence-corrected chi connectivity index (χ4v) is 1.12. The Morgan fingerprint density at radius 3 is 3.13 bits per heavy atom. The van der Waals surface area contributed by atoms with Gasteiger partial charge < -0.3 is 10.3 Å². The molecule has 0 amide bonds. The lowest BCUT2D eigenvalue weighted by Crippen LogP contribution is -2.21. The van der Waals surface area contributed by atoms with E-state index in [0.717, 1.165) is 6.42 Å². The zero-order chi connectivity index (χ0) is 10.7. The highest BCUT2D eigenvalue weighted by Crippen LogP contribution is 2.12. The summed E-state index contributed by atoms with van der Waals surface area (Å²) in [5.74, 6) is 0.962. The van der Waals surface area contributed by atoms with Crippen LogP contribution in [-0.4, -0.2) is 31.6 Å². The molecule has 2 heterocycles. The first-order valence-electron chi connectivity index (χ1n) is 4.74. The number of nitrogens with zero attached hydrogens (tertiary/aromatic N) is 4. The Hall–Kier alpha value is -1.76. The van der Waals surface area contributed by atoms with Crippen LogP contribution < -0.4 is 5.73 Å². The average molecular weight is 208 g/mol. The van der Waals surface area contributed by atoms with Gasteiger partial charge in [0.15, 0.2) is 11.5 Å². The molecule has 0 radical (unpaired) electrons. The SMILES string of the molecule is CCC(N)Cc1noc(-c2cn[nH]n2)n1. The van der Waals surface area contributed by atoms with Crippen molar-refractivity contribution in [2.45, 2.75) is 25.8 Å². The quantitative estimate of drug-likeness (QED) is 0.739. The summed E-state index contributed by atoms with van der Waals surface area (Å²) in [6.45, 7) is 2.02. The van der Waals surface area contributed by atoms with E-state index in [2.05, 4.69) is 25.6 Å². The van der Waals surface area contributed by atoms with Gasteiger partial charge >= 0.3 is 0 Å². The molecule has 0 saturated carbocycles. The molecule has 0 bridgehead atoms. The third-order valence-corrected chi connectivity index (χ3v) is 2.07. The zero-order valence-electron chi connectivity index (χ0n) is 8.34. The molecule has 2 aromatic rings. The van der Waals surface area contributed by atoms with Crippen molar-refractivity contribution in [2.24, 2.45) is 5.73 Å². The van der Waals surface area contributed by atoms with Crippen LogP contribution in [0.1, 0.15) is 19.2 Å². The van der Waals surface area contributed by atoms with Crippen molar-refractivity contribution in [2.75, 3.05) is 0 Å². The van der Waals surface area contributed by atoms with Gasteiger partial charge in [0, 0.05) is 12.5 Å². The van der Waals surface area contributed by atoms with E-state index >= 15 is 0 Å². The molecule has 7 heteroatoms. The fraction of sp³-hybridized carbons (Fsp3) is 0.500. The summed E-state index contributed by atoms with van der Waals surface area (Å²) in [7, 11) is 0. The lowest BCUT2D eigenvalue weighted by molar-refractivity contribution is 0.418. The highest BCUT2D eigenvalue weighted by Gasteiger charge is 2.12. The molecule has 15 heavy (non-hydrogen) atoms. The Bertz CT molecular complexity index is 408. The number of aromatic amines is 1. The molecule has 80 valence electrons. The average Bonchev–Trinajstić information content (AvgIpc) is 2.85. The molecule has 0 aliphatic heterocycles. The summed E-state index contributed by atoms with van der Waals surface area (Å²) in [5, 5.41) is 13.8. The van der Waals surface area contributed by atoms with Gasteiger partial charge in [0.05, 0.1) is 6.20 Å². The van der Waals surface area contributed by atoms with E-state index in [0.29, 0.717) is 23.8 Å². The second-order valence-corrected chi connectivity index (χ2v) is 3.24. The molecule has 0 fully saturated rings. The molecular weight excluding hydrogens is 196 g/mol. The maximum Gasteiger partial charge on any atom is 0.280 e. The van der Waals surface area contributed by atoms with Crippen LogP contribution in [0.15, 0.2) is 10.7 Å². The number of hydrogen-bond donors (Lipinski definition) is 2. The molecule has 2 aromatic heterocycles. The molecule has 0 spiro atoms. The topological polar surface area (TPSA) is 107 Å². The molecule has 3 N–H and O–H groups in total. The van der Waals surface area contributed by atoms with Gasteiger partial charge in [-0.1, -0.05) is 12.1 Å². The van der Waals surface area contributed by atoms with Crippen LogP contribution in [0.3, 0.4) is 0 Å². The van der Waals surface area contributed by atoms with E-state index in [-0.39, 0.29) is 6.04 Å². The molecule has 0 aliphatic carbocycles. The maximum atomic E-state index is 5.78. The summed E-state index contributed by atoms with van der Waals surface area (Å²) < 4.78 is 5.02. The first-order valence-corrected chi connectivity index (χ1v) is 4.74. The van der Waals surface area contributed by atoms with Crippen LogP contribution in [0.5, 0.6) is 0 Å². The molecule has 7 nitrogen and oxygen atoms in total. The zero-order valence-corrected chi connectivity index (χ0v) is 8.34. The van der Waals surface area contributed by atoms with Gasteiger partial charge in [0.1, 0.15) is 0 Å². The molecule has 1 atom stereocenters. The van der Waals surface area contributed by atoms with Gasteiger partial charge in [-0.2, -0.15) is 20.4 Å². The Morgan fingerprint density at radius 2 is 2.47 bits per heavy atom. The van der Waals surface area contributed by atoms with E-state index < -0.39 is 0 Å². The second-order valence-electron chi connectivity index (χ2n) is 3.24. The van der Waals surface area contributed by atoms with Gasteiger partial charge in [-0.3, -0.25) is 0 Å². The van der Waals surface area contributed by atoms with Crippen LogP contribution >= 0.6 is 0 Å². The standard InChI is InChI=1S/C8H12N6O/c1-2-5(9)3-7-11-8(15-13-7)6-4-10-14-12-6/h4-5H,2-3,9H2,1H3,(H,10,12,14). The van der Waals surface area contributed by atoms with Gasteiger partial charge in [-0.25, -0.2) is 0 Å². The highest BCUT2D eigenvalue weighted by atomic mass is 16.5. The third-order valence-electron chi connectivity index (χ3n) is 2.07. The van der Waals surface area contributed by atoms with E-state index in [1.165, 1.54) is 6.20 Å². The van der Waals surface area contributed by atoms with Crippen LogP contribution in [0.4, 0.5) is 0 Å². The largest absolute Gasteiger partial charge is 0.332 e. The fourth-order valence-electron chi connectivity index (χ4n) is 1.12. The number of rotatable bonds is 4. The number of nitrogens with one attached hydrogen (secondary N) is 1. The summed E-state index contributed by atoms with van der Waals surface area (Å²) in [6.07, 6.45) is 3.02. The molecule has 0 aromatic carbocycles. The van der Waals surface area contributed by atoms with Gasteiger partial charge in [-0.05, 0) is 6.42 Å². The summed E-state index contributed by atoms with van der Waals surface area (Å²) in [6, 6.07) is 0.0627. The van der Waals surface area contributed by atoms with Crippen LogP contribution in [0.2, 0.25) is 0 Å². The smallest absolute Gasteiger partial charge is 0.280 e. The molecule has 0 saturated heterocycles. The molecule has 0 aliphatic rings. The van der Waals surface area contributed by atoms with Crippen molar-refractivity contribution >= 4 is 0 Å². The first-order chi connectivity index (χ1) is 7.29. The predicted molar refractivity (Wildman–Crippen MR) is 51.6 cm³/mol. The number of aromatic nitrogens is 5. The molecular formula is C8H12N6O.